The quantitative estimate of drug-likeness (QED) is 0.191. The summed E-state index contributed by atoms with van der Waals surface area (Å²) in [4.78, 5) is 0. The molecule has 0 rings (SSSR count). The van der Waals surface area contributed by atoms with Gasteiger partial charge in [-0.05, 0) is 0 Å². The Balaban J connectivity index is 2.89. The summed E-state index contributed by atoms with van der Waals surface area (Å²) in [6.07, 6.45) is 24.8. The second-order valence-electron chi connectivity index (χ2n) is 6.35. The van der Waals surface area contributed by atoms with Crippen LogP contribution in [0.25, 0.3) is 0 Å². The molecule has 0 aliphatic carbocycles. The van der Waals surface area contributed by atoms with E-state index in [0.717, 1.165) is 0 Å². The van der Waals surface area contributed by atoms with Gasteiger partial charge in [0.1, 0.15) is 0 Å². The van der Waals surface area contributed by atoms with Crippen LogP contribution in [0.5, 0.6) is 0 Å². The third kappa shape index (κ3) is 18.5. The van der Waals surface area contributed by atoms with E-state index in [-0.39, 0.29) is 0 Å². The zero-order valence-corrected chi connectivity index (χ0v) is 15.3. The monoisotopic (exact) mass is 322 g/mol. The predicted octanol–water partition coefficient (Wildman–Crippen LogP) is 7.60. The van der Waals surface area contributed by atoms with Crippen LogP contribution in [-0.2, 0) is 16.0 Å². The van der Waals surface area contributed by atoms with Gasteiger partial charge in [0.25, 0.3) is 0 Å². The average Bonchev–Trinajstić information content (AvgIpc) is 2.47. The van der Waals surface area contributed by atoms with Crippen molar-refractivity contribution in [2.45, 2.75) is 121 Å². The molecule has 0 saturated heterocycles. The summed E-state index contributed by atoms with van der Waals surface area (Å²) < 4.78 is 0. The molecule has 122 valence electrons. The van der Waals surface area contributed by atoms with Gasteiger partial charge in [0, 0.05) is 0 Å². The molecule has 0 aromatic carbocycles. The first-order valence-electron chi connectivity index (χ1n) is 9.47. The first-order valence-corrected chi connectivity index (χ1v) is 10.3. The standard InChI is InChI=1S/C19H39.Mn/c1-3-5-7-9-11-13-15-17-19-18-16-14-12-10-8-6-4-2;/h1,3-19H2,2H3;. The molecule has 0 fully saturated rings. The van der Waals surface area contributed by atoms with E-state index in [1.165, 1.54) is 114 Å². The molecule has 0 unspecified atom stereocenters. The van der Waals surface area contributed by atoms with E-state index >= 15 is 0 Å². The van der Waals surface area contributed by atoms with Crippen LogP contribution in [0.1, 0.15) is 116 Å². The van der Waals surface area contributed by atoms with E-state index in [0.29, 0.717) is 0 Å². The number of hydrogen-bond acceptors (Lipinski definition) is 0. The van der Waals surface area contributed by atoms with Crippen LogP contribution in [-0.4, -0.2) is 0 Å². The molecule has 0 radical (unpaired) electrons. The molecule has 1 heteroatoms. The topological polar surface area (TPSA) is 0 Å². The Bertz CT molecular complexity index is 138. The van der Waals surface area contributed by atoms with Gasteiger partial charge in [0.05, 0.1) is 0 Å². The van der Waals surface area contributed by atoms with Crippen molar-refractivity contribution in [1.29, 1.82) is 0 Å². The molecule has 0 N–H and O–H groups in total. The van der Waals surface area contributed by atoms with Crippen LogP contribution in [0.15, 0.2) is 0 Å². The Labute approximate surface area is 137 Å². The van der Waals surface area contributed by atoms with E-state index in [1.807, 2.05) is 0 Å². The Morgan fingerprint density at radius 2 is 0.650 bits per heavy atom. The maximum atomic E-state index is 3.49. The van der Waals surface area contributed by atoms with Gasteiger partial charge >= 0.3 is 92.0 Å². The van der Waals surface area contributed by atoms with Crippen LogP contribution in [0.2, 0.25) is 5.32 Å². The van der Waals surface area contributed by atoms with Gasteiger partial charge in [-0.25, -0.2) is 0 Å². The number of hydrogen-bond donors (Lipinski definition) is 0. The summed E-state index contributed by atoms with van der Waals surface area (Å²) >= 11 is 3.49. The first-order chi connectivity index (χ1) is 9.91. The van der Waals surface area contributed by atoms with Crippen molar-refractivity contribution >= 4 is 0 Å². The van der Waals surface area contributed by atoms with Gasteiger partial charge in [-0.3, -0.25) is 0 Å². The fourth-order valence-corrected chi connectivity index (χ4v) is 3.11. The van der Waals surface area contributed by atoms with Gasteiger partial charge in [-0.2, -0.15) is 0 Å². The van der Waals surface area contributed by atoms with E-state index in [2.05, 4.69) is 22.9 Å². The summed E-state index contributed by atoms with van der Waals surface area (Å²) in [6.45, 7) is 2.29. The SMILES string of the molecule is CCCCCCCCCCCCCCCCCC[CH2][Mn]. The Hall–Kier alpha value is 0.519. The molecule has 0 heterocycles. The van der Waals surface area contributed by atoms with Gasteiger partial charge in [-0.1, -0.05) is 45.4 Å². The molecule has 0 nitrogen and oxygen atoms in total. The third-order valence-electron chi connectivity index (χ3n) is 4.24. The van der Waals surface area contributed by atoms with Crippen molar-refractivity contribution in [3.8, 4) is 0 Å². The van der Waals surface area contributed by atoms with Gasteiger partial charge in [0.2, 0.25) is 0 Å². The minimum absolute atomic E-state index is 1.19. The van der Waals surface area contributed by atoms with Crippen LogP contribution in [0.3, 0.4) is 0 Å². The summed E-state index contributed by atoms with van der Waals surface area (Å²) in [5.41, 5.74) is 0. The summed E-state index contributed by atoms with van der Waals surface area (Å²) in [5, 5.41) is 1.19. The molecule has 0 saturated carbocycles. The fourth-order valence-electron chi connectivity index (χ4n) is 2.82. The van der Waals surface area contributed by atoms with Crippen LogP contribution in [0, 0.1) is 0 Å². The van der Waals surface area contributed by atoms with Crippen molar-refractivity contribution in [3.63, 3.8) is 0 Å². The summed E-state index contributed by atoms with van der Waals surface area (Å²) in [6, 6.07) is 0. The van der Waals surface area contributed by atoms with Crippen molar-refractivity contribution < 1.29 is 16.0 Å². The summed E-state index contributed by atoms with van der Waals surface area (Å²) in [5.74, 6) is 0. The van der Waals surface area contributed by atoms with Gasteiger partial charge < -0.3 is 0 Å². The molecule has 0 aliphatic heterocycles. The van der Waals surface area contributed by atoms with E-state index < -0.39 is 0 Å². The minimum atomic E-state index is 1.19. The van der Waals surface area contributed by atoms with Gasteiger partial charge in [-0.15, -0.1) is 0 Å². The molecule has 0 aliphatic rings. The fraction of sp³-hybridized carbons (Fsp3) is 1.00. The first kappa shape index (κ1) is 20.5. The molecule has 0 aromatic heterocycles. The second kappa shape index (κ2) is 19.5. The number of unbranched alkanes of at least 4 members (excludes halogenated alkanes) is 16. The maximum absolute atomic E-state index is 3.49. The Morgan fingerprint density at radius 1 is 0.400 bits per heavy atom. The zero-order valence-electron chi connectivity index (χ0n) is 14.1. The van der Waals surface area contributed by atoms with Crippen LogP contribution < -0.4 is 0 Å². The molecule has 0 spiro atoms. The van der Waals surface area contributed by atoms with E-state index in [1.54, 1.807) is 0 Å². The molecular formula is C19H39Mn. The number of rotatable bonds is 17. The second-order valence-corrected chi connectivity index (χ2v) is 6.94. The Morgan fingerprint density at radius 3 is 0.900 bits per heavy atom. The molecule has 0 aromatic rings. The van der Waals surface area contributed by atoms with E-state index in [4.69, 9.17) is 0 Å². The molecular weight excluding hydrogens is 283 g/mol. The van der Waals surface area contributed by atoms with Crippen molar-refractivity contribution in [1.82, 2.24) is 0 Å². The summed E-state index contributed by atoms with van der Waals surface area (Å²) in [7, 11) is 0. The Kier molecular flexibility index (Phi) is 20.0. The predicted molar refractivity (Wildman–Crippen MR) is 89.0 cm³/mol. The van der Waals surface area contributed by atoms with Crippen molar-refractivity contribution in [2.24, 2.45) is 0 Å². The molecule has 0 bridgehead atoms. The van der Waals surface area contributed by atoms with Crippen molar-refractivity contribution in [3.05, 3.63) is 0 Å². The molecule has 20 heavy (non-hydrogen) atoms. The zero-order chi connectivity index (χ0) is 14.7. The average molecular weight is 322 g/mol. The molecule has 0 atom stereocenters. The van der Waals surface area contributed by atoms with E-state index in [9.17, 15) is 0 Å². The van der Waals surface area contributed by atoms with Crippen LogP contribution >= 0.6 is 0 Å². The van der Waals surface area contributed by atoms with Crippen LogP contribution in [0.4, 0.5) is 0 Å². The normalized spacial score (nSPS) is 11.1. The molecule has 0 amide bonds. The third-order valence-corrected chi connectivity index (χ3v) is 4.65. The van der Waals surface area contributed by atoms with Gasteiger partial charge in [0.15, 0.2) is 0 Å². The van der Waals surface area contributed by atoms with Crippen molar-refractivity contribution in [2.75, 3.05) is 0 Å².